The Bertz CT molecular complexity index is 1420. The lowest BCUT2D eigenvalue weighted by molar-refractivity contribution is 0.173. The number of likely N-dealkylation sites (tertiary alicyclic amines) is 1. The second-order valence-corrected chi connectivity index (χ2v) is 13.6. The first-order valence-electron chi connectivity index (χ1n) is 13.8. The Morgan fingerprint density at radius 3 is 2.61 bits per heavy atom. The lowest BCUT2D eigenvalue weighted by Crippen LogP contribution is -2.42. The van der Waals surface area contributed by atoms with E-state index in [1.165, 1.54) is 22.8 Å². The number of aromatic amines is 1. The van der Waals surface area contributed by atoms with Crippen molar-refractivity contribution in [2.24, 2.45) is 9.98 Å². The van der Waals surface area contributed by atoms with Crippen molar-refractivity contribution in [3.8, 4) is 0 Å². The highest BCUT2D eigenvalue weighted by atomic mass is 32.2. The van der Waals surface area contributed by atoms with Gasteiger partial charge in [-0.1, -0.05) is 26.0 Å². The van der Waals surface area contributed by atoms with Crippen LogP contribution >= 0.6 is 0 Å². The minimum Gasteiger partial charge on any atom is -0.495 e. The molecule has 2 aliphatic heterocycles. The Morgan fingerprint density at radius 2 is 1.92 bits per heavy atom. The first-order valence-corrected chi connectivity index (χ1v) is 15.8. The number of sulfone groups is 1. The van der Waals surface area contributed by atoms with Crippen LogP contribution in [0.15, 0.2) is 46.1 Å². The Balaban J connectivity index is 1.43. The van der Waals surface area contributed by atoms with Crippen molar-refractivity contribution in [3.63, 3.8) is 0 Å². The maximum atomic E-state index is 11.8. The number of H-pyrrole nitrogens is 1. The van der Waals surface area contributed by atoms with Crippen LogP contribution in [0.1, 0.15) is 75.1 Å². The number of methoxy groups -OCH3 is 1. The average Bonchev–Trinajstić information content (AvgIpc) is 3.47. The standard InChI is InChI=1S/C30H40N4O3S/c1-19(2)28-24-15-22(21-11-13-34(14-12-21)20(3)17-38(5,35)36)9-10-25(24)33-29(28)23-7-6-8-26-30(32-18-31-26)27(16-23)37-4/h7,9-10,15-16,18-21,26,33H,6,8,11-14,17H2,1-5H3/b23-7+,27-16+. The highest BCUT2D eigenvalue weighted by Gasteiger charge is 2.28. The van der Waals surface area contributed by atoms with Crippen LogP contribution in [0.25, 0.3) is 16.5 Å². The molecular formula is C30H40N4O3S. The molecule has 1 aromatic carbocycles. The number of rotatable bonds is 7. The fourth-order valence-electron chi connectivity index (χ4n) is 6.31. The number of allylic oxidation sites excluding steroid dienone is 3. The third kappa shape index (κ3) is 5.52. The van der Waals surface area contributed by atoms with Gasteiger partial charge in [0.2, 0.25) is 0 Å². The number of benzene rings is 1. The molecule has 7 nitrogen and oxygen atoms in total. The fourth-order valence-corrected chi connectivity index (χ4v) is 7.40. The number of nitrogens with zero attached hydrogens (tertiary/aromatic N) is 3. The number of fused-ring (bicyclic) bond motifs is 2. The van der Waals surface area contributed by atoms with Crippen LogP contribution in [0.2, 0.25) is 0 Å². The summed E-state index contributed by atoms with van der Waals surface area (Å²) in [6, 6.07) is 7.03. The summed E-state index contributed by atoms with van der Waals surface area (Å²) in [6.07, 6.45) is 11.3. The molecular weight excluding hydrogens is 496 g/mol. The van der Waals surface area contributed by atoms with Gasteiger partial charge >= 0.3 is 0 Å². The Hall–Kier alpha value is -2.71. The van der Waals surface area contributed by atoms with Crippen molar-refractivity contribution in [2.45, 2.75) is 70.4 Å². The molecule has 0 radical (unpaired) electrons. The first-order chi connectivity index (χ1) is 18.1. The molecule has 204 valence electrons. The summed E-state index contributed by atoms with van der Waals surface area (Å²) in [5.74, 6) is 1.84. The number of hydrogen-bond donors (Lipinski definition) is 1. The third-order valence-corrected chi connectivity index (χ3v) is 9.31. The van der Waals surface area contributed by atoms with Gasteiger partial charge in [0.15, 0.2) is 0 Å². The maximum absolute atomic E-state index is 11.8. The molecule has 2 unspecified atom stereocenters. The predicted octanol–water partition coefficient (Wildman–Crippen LogP) is 5.46. The quantitative estimate of drug-likeness (QED) is 0.509. The molecule has 8 heteroatoms. The normalized spacial score (nSPS) is 24.8. The molecule has 5 rings (SSSR count). The lowest BCUT2D eigenvalue weighted by Gasteiger charge is -2.36. The van der Waals surface area contributed by atoms with Crippen LogP contribution in [0.5, 0.6) is 0 Å². The molecule has 0 bridgehead atoms. The SMILES string of the molecule is CO/C1=C/C(c2[nH]c3ccc(C4CCN(C(C)CS(C)(=O)=O)CC4)cc3c2C(C)C)=C\CCC2N=CN=C12. The minimum absolute atomic E-state index is 0.0624. The first kappa shape index (κ1) is 26.9. The van der Waals surface area contributed by atoms with Crippen molar-refractivity contribution in [2.75, 3.05) is 32.2 Å². The molecule has 1 aliphatic carbocycles. The van der Waals surface area contributed by atoms with E-state index in [0.717, 1.165) is 67.0 Å². The third-order valence-electron chi connectivity index (χ3n) is 8.22. The highest BCUT2D eigenvalue weighted by molar-refractivity contribution is 7.90. The number of aromatic nitrogens is 1. The van der Waals surface area contributed by atoms with E-state index < -0.39 is 9.84 Å². The van der Waals surface area contributed by atoms with E-state index in [2.05, 4.69) is 64.1 Å². The number of piperidine rings is 1. The summed E-state index contributed by atoms with van der Waals surface area (Å²) in [6.45, 7) is 8.41. The van der Waals surface area contributed by atoms with Crippen molar-refractivity contribution in [1.29, 1.82) is 0 Å². The molecule has 0 spiro atoms. The number of ether oxygens (including phenoxy) is 1. The molecule has 1 aromatic heterocycles. The monoisotopic (exact) mass is 536 g/mol. The molecule has 1 fully saturated rings. The minimum atomic E-state index is -2.97. The molecule has 3 heterocycles. The van der Waals surface area contributed by atoms with E-state index in [1.54, 1.807) is 13.4 Å². The van der Waals surface area contributed by atoms with Gasteiger partial charge in [-0.25, -0.2) is 13.4 Å². The van der Waals surface area contributed by atoms with Crippen LogP contribution in [-0.4, -0.2) is 74.6 Å². The largest absolute Gasteiger partial charge is 0.495 e. The molecule has 1 saturated heterocycles. The molecule has 38 heavy (non-hydrogen) atoms. The number of nitrogens with one attached hydrogen (secondary N) is 1. The second kappa shape index (κ2) is 10.8. The van der Waals surface area contributed by atoms with Crippen LogP contribution in [0.3, 0.4) is 0 Å². The number of aliphatic imine (C=N–C) groups is 2. The summed E-state index contributed by atoms with van der Waals surface area (Å²) in [4.78, 5) is 15.1. The second-order valence-electron chi connectivity index (χ2n) is 11.4. The van der Waals surface area contributed by atoms with E-state index in [9.17, 15) is 8.42 Å². The molecule has 0 saturated carbocycles. The highest BCUT2D eigenvalue weighted by Crippen LogP contribution is 2.38. The van der Waals surface area contributed by atoms with Gasteiger partial charge in [-0.3, -0.25) is 9.89 Å². The van der Waals surface area contributed by atoms with Gasteiger partial charge in [0.05, 0.1) is 18.9 Å². The number of hydrogen-bond acceptors (Lipinski definition) is 6. The topological polar surface area (TPSA) is 87.1 Å². The Morgan fingerprint density at radius 1 is 1.16 bits per heavy atom. The molecule has 2 aromatic rings. The van der Waals surface area contributed by atoms with Crippen LogP contribution in [0.4, 0.5) is 0 Å². The van der Waals surface area contributed by atoms with Crippen LogP contribution in [0, 0.1) is 0 Å². The molecule has 3 aliphatic rings. The predicted molar refractivity (Wildman–Crippen MR) is 157 cm³/mol. The zero-order valence-electron chi connectivity index (χ0n) is 23.2. The smallest absolute Gasteiger partial charge is 0.148 e. The molecule has 0 amide bonds. The fraction of sp³-hybridized carbons (Fsp3) is 0.533. The van der Waals surface area contributed by atoms with Gasteiger partial charge in [0.25, 0.3) is 0 Å². The summed E-state index contributed by atoms with van der Waals surface area (Å²) in [5.41, 5.74) is 7.08. The van der Waals surface area contributed by atoms with Crippen molar-refractivity contribution >= 4 is 38.4 Å². The van der Waals surface area contributed by atoms with Crippen molar-refractivity contribution < 1.29 is 13.2 Å². The van der Waals surface area contributed by atoms with E-state index >= 15 is 0 Å². The zero-order chi connectivity index (χ0) is 27.0. The van der Waals surface area contributed by atoms with E-state index in [1.807, 2.05) is 6.92 Å². The lowest BCUT2D eigenvalue weighted by atomic mass is 9.87. The average molecular weight is 537 g/mol. The van der Waals surface area contributed by atoms with E-state index in [4.69, 9.17) is 4.74 Å². The van der Waals surface area contributed by atoms with E-state index in [0.29, 0.717) is 11.8 Å². The van der Waals surface area contributed by atoms with Crippen molar-refractivity contribution in [1.82, 2.24) is 9.88 Å². The summed E-state index contributed by atoms with van der Waals surface area (Å²) < 4.78 is 29.3. The van der Waals surface area contributed by atoms with Gasteiger partial charge in [-0.2, -0.15) is 0 Å². The van der Waals surface area contributed by atoms with Crippen LogP contribution < -0.4 is 0 Å². The molecule has 2 atom stereocenters. The van der Waals surface area contributed by atoms with E-state index in [-0.39, 0.29) is 17.8 Å². The summed E-state index contributed by atoms with van der Waals surface area (Å²) in [7, 11) is -1.27. The summed E-state index contributed by atoms with van der Waals surface area (Å²) in [5, 5.41) is 1.29. The van der Waals surface area contributed by atoms with Gasteiger partial charge in [-0.05, 0) is 92.4 Å². The van der Waals surface area contributed by atoms with Gasteiger partial charge in [-0.15, -0.1) is 0 Å². The van der Waals surface area contributed by atoms with Crippen LogP contribution in [-0.2, 0) is 14.6 Å². The van der Waals surface area contributed by atoms with Gasteiger partial charge < -0.3 is 9.72 Å². The maximum Gasteiger partial charge on any atom is 0.148 e. The Labute approximate surface area is 226 Å². The van der Waals surface area contributed by atoms with Crippen molar-refractivity contribution in [3.05, 3.63) is 52.9 Å². The Kier molecular flexibility index (Phi) is 7.65. The summed E-state index contributed by atoms with van der Waals surface area (Å²) >= 11 is 0. The molecule has 1 N–H and O–H groups in total. The zero-order valence-corrected chi connectivity index (χ0v) is 24.0. The van der Waals surface area contributed by atoms with Gasteiger partial charge in [0, 0.05) is 28.9 Å². The van der Waals surface area contributed by atoms with Gasteiger partial charge in [0.1, 0.15) is 27.6 Å².